The Morgan fingerprint density at radius 3 is 2.53 bits per heavy atom. The Labute approximate surface area is 173 Å². The first-order chi connectivity index (χ1) is 14.2. The minimum atomic E-state index is -4.84. The van der Waals surface area contributed by atoms with E-state index < -0.39 is 12.4 Å². The van der Waals surface area contributed by atoms with Gasteiger partial charge in [0.15, 0.2) is 5.01 Å². The number of hydrogen-bond acceptors (Lipinski definition) is 6. The largest absolute Gasteiger partial charge is 0.573 e. The van der Waals surface area contributed by atoms with Crippen molar-refractivity contribution in [1.82, 2.24) is 15.5 Å². The summed E-state index contributed by atoms with van der Waals surface area (Å²) in [5, 5.41) is 20.4. The summed E-state index contributed by atoms with van der Waals surface area (Å²) in [4.78, 5) is 11.7. The number of amides is 1. The maximum atomic E-state index is 12.7. The summed E-state index contributed by atoms with van der Waals surface area (Å²) in [6.45, 7) is 1.36. The van der Waals surface area contributed by atoms with Gasteiger partial charge in [-0.25, -0.2) is 0 Å². The molecule has 1 atom stereocenters. The van der Waals surface area contributed by atoms with Crippen LogP contribution in [0.5, 0.6) is 5.75 Å². The van der Waals surface area contributed by atoms with E-state index in [0.29, 0.717) is 17.0 Å². The quantitative estimate of drug-likeness (QED) is 0.624. The molecule has 154 valence electrons. The number of alkyl halides is 3. The van der Waals surface area contributed by atoms with Crippen LogP contribution in [0, 0.1) is 11.3 Å². The van der Waals surface area contributed by atoms with E-state index in [1.165, 1.54) is 25.1 Å². The van der Waals surface area contributed by atoms with Gasteiger partial charge in [0.05, 0.1) is 23.2 Å². The highest BCUT2D eigenvalue weighted by molar-refractivity contribution is 7.14. The third kappa shape index (κ3) is 5.55. The number of rotatable bonds is 6. The molecule has 0 radical (unpaired) electrons. The molecule has 0 saturated heterocycles. The highest BCUT2D eigenvalue weighted by Gasteiger charge is 2.32. The average molecular weight is 432 g/mol. The minimum absolute atomic E-state index is 0.151. The summed E-state index contributed by atoms with van der Waals surface area (Å²) >= 11 is 1.07. The number of carbonyl (C=O) groups is 1. The van der Waals surface area contributed by atoms with Crippen molar-refractivity contribution in [1.29, 1.82) is 5.26 Å². The van der Waals surface area contributed by atoms with Crippen LogP contribution in [0.25, 0.3) is 10.6 Å². The van der Waals surface area contributed by atoms with E-state index >= 15 is 0 Å². The topological polar surface area (TPSA) is 87.9 Å². The molecular formula is C20H15F3N4O2S. The third-order valence-corrected chi connectivity index (χ3v) is 5.05. The van der Waals surface area contributed by atoms with Gasteiger partial charge in [-0.1, -0.05) is 35.6 Å². The van der Waals surface area contributed by atoms with Crippen LogP contribution in [0.4, 0.5) is 13.2 Å². The van der Waals surface area contributed by atoms with E-state index in [2.05, 4.69) is 20.3 Å². The fraction of sp³-hybridized carbons (Fsp3) is 0.200. The molecule has 0 aliphatic carbocycles. The number of nitriles is 1. The van der Waals surface area contributed by atoms with Crippen molar-refractivity contribution in [2.45, 2.75) is 25.7 Å². The minimum Gasteiger partial charge on any atom is -0.405 e. The van der Waals surface area contributed by atoms with Crippen LogP contribution in [0.1, 0.15) is 29.1 Å². The van der Waals surface area contributed by atoms with Gasteiger partial charge in [0.2, 0.25) is 5.91 Å². The summed E-state index contributed by atoms with van der Waals surface area (Å²) in [6, 6.07) is 14.0. The van der Waals surface area contributed by atoms with Crippen LogP contribution in [-0.4, -0.2) is 22.5 Å². The maximum absolute atomic E-state index is 12.7. The Bertz CT molecular complexity index is 1070. The summed E-state index contributed by atoms with van der Waals surface area (Å²) in [5.41, 5.74) is 1.51. The van der Waals surface area contributed by atoms with Gasteiger partial charge in [0.25, 0.3) is 0 Å². The number of nitrogens with zero attached hydrogens (tertiary/aromatic N) is 3. The molecular weight excluding hydrogens is 417 g/mol. The smallest absolute Gasteiger partial charge is 0.405 e. The van der Waals surface area contributed by atoms with Crippen LogP contribution in [-0.2, 0) is 11.2 Å². The van der Waals surface area contributed by atoms with Crippen LogP contribution in [0.3, 0.4) is 0 Å². The van der Waals surface area contributed by atoms with Crippen molar-refractivity contribution in [3.05, 3.63) is 64.7 Å². The normalized spacial score (nSPS) is 12.1. The van der Waals surface area contributed by atoms with Gasteiger partial charge >= 0.3 is 6.36 Å². The number of nitrogens with one attached hydrogen (secondary N) is 1. The van der Waals surface area contributed by atoms with Crippen molar-refractivity contribution in [3.8, 4) is 22.4 Å². The van der Waals surface area contributed by atoms with Crippen molar-refractivity contribution in [2.75, 3.05) is 0 Å². The SMILES string of the molecule is CC(=O)NC(Cc1ccc(C#N)cc1)c1nnc(-c2ccccc2OC(F)(F)F)s1. The first kappa shape index (κ1) is 21.3. The lowest BCUT2D eigenvalue weighted by molar-refractivity contribution is -0.274. The number of ether oxygens (including phenoxy) is 1. The zero-order chi connectivity index (χ0) is 21.7. The highest BCUT2D eigenvalue weighted by Crippen LogP contribution is 2.36. The van der Waals surface area contributed by atoms with Gasteiger partial charge in [0, 0.05) is 6.92 Å². The van der Waals surface area contributed by atoms with Gasteiger partial charge in [0.1, 0.15) is 10.8 Å². The van der Waals surface area contributed by atoms with E-state index in [4.69, 9.17) is 5.26 Å². The molecule has 1 aromatic heterocycles. The molecule has 1 unspecified atom stereocenters. The standard InChI is InChI=1S/C20H15F3N4O2S/c1-12(28)25-16(10-13-6-8-14(11-24)9-7-13)19-27-26-18(30-19)15-4-2-3-5-17(15)29-20(21,22)23/h2-9,16H,10H2,1H3,(H,25,28). The molecule has 3 aromatic rings. The molecule has 0 spiro atoms. The summed E-state index contributed by atoms with van der Waals surface area (Å²) in [7, 11) is 0. The Morgan fingerprint density at radius 1 is 1.20 bits per heavy atom. The Balaban J connectivity index is 1.89. The zero-order valence-corrected chi connectivity index (χ0v) is 16.4. The van der Waals surface area contributed by atoms with Gasteiger partial charge in [-0.2, -0.15) is 5.26 Å². The number of aromatic nitrogens is 2. The molecule has 3 rings (SSSR count). The molecule has 30 heavy (non-hydrogen) atoms. The second kappa shape index (κ2) is 8.92. The van der Waals surface area contributed by atoms with E-state index in [1.54, 1.807) is 30.3 Å². The molecule has 6 nitrogen and oxygen atoms in total. The molecule has 2 aromatic carbocycles. The number of halogens is 3. The van der Waals surface area contributed by atoms with Crippen LogP contribution in [0.15, 0.2) is 48.5 Å². The van der Waals surface area contributed by atoms with Crippen molar-refractivity contribution in [2.24, 2.45) is 0 Å². The molecule has 1 N–H and O–H groups in total. The molecule has 10 heteroatoms. The number of para-hydroxylation sites is 1. The summed E-state index contributed by atoms with van der Waals surface area (Å²) in [6.07, 6.45) is -4.46. The Morgan fingerprint density at radius 2 is 1.90 bits per heavy atom. The Kier molecular flexibility index (Phi) is 6.32. The second-order valence-corrected chi connectivity index (χ2v) is 7.26. The summed E-state index contributed by atoms with van der Waals surface area (Å²) in [5.74, 6) is -0.665. The van der Waals surface area contributed by atoms with Gasteiger partial charge in [-0.15, -0.1) is 23.4 Å². The monoisotopic (exact) mass is 432 g/mol. The fourth-order valence-corrected chi connectivity index (χ4v) is 3.66. The van der Waals surface area contributed by atoms with Gasteiger partial charge in [-0.05, 0) is 36.2 Å². The van der Waals surface area contributed by atoms with Crippen LogP contribution < -0.4 is 10.1 Å². The predicted octanol–water partition coefficient (Wildman–Crippen LogP) is 4.40. The van der Waals surface area contributed by atoms with E-state index in [9.17, 15) is 18.0 Å². The van der Waals surface area contributed by atoms with E-state index in [1.807, 2.05) is 6.07 Å². The third-order valence-electron chi connectivity index (χ3n) is 3.98. The van der Waals surface area contributed by atoms with Gasteiger partial charge < -0.3 is 10.1 Å². The van der Waals surface area contributed by atoms with E-state index in [-0.39, 0.29) is 22.2 Å². The predicted molar refractivity (Wildman–Crippen MR) is 103 cm³/mol. The number of carbonyl (C=O) groups excluding carboxylic acids is 1. The molecule has 0 bridgehead atoms. The van der Waals surface area contributed by atoms with Gasteiger partial charge in [-0.3, -0.25) is 4.79 Å². The van der Waals surface area contributed by atoms with Crippen LogP contribution in [0.2, 0.25) is 0 Å². The fourth-order valence-electron chi connectivity index (χ4n) is 2.74. The molecule has 1 amide bonds. The molecule has 1 heterocycles. The molecule has 0 fully saturated rings. The van der Waals surface area contributed by atoms with Crippen molar-refractivity contribution >= 4 is 17.2 Å². The lowest BCUT2D eigenvalue weighted by Crippen LogP contribution is -2.27. The zero-order valence-electron chi connectivity index (χ0n) is 15.6. The van der Waals surface area contributed by atoms with Crippen LogP contribution >= 0.6 is 11.3 Å². The number of benzene rings is 2. The van der Waals surface area contributed by atoms with Crippen molar-refractivity contribution < 1.29 is 22.7 Å². The maximum Gasteiger partial charge on any atom is 0.573 e. The average Bonchev–Trinajstić information content (AvgIpc) is 3.17. The highest BCUT2D eigenvalue weighted by atomic mass is 32.1. The lowest BCUT2D eigenvalue weighted by atomic mass is 10.0. The molecule has 0 aliphatic heterocycles. The van der Waals surface area contributed by atoms with E-state index in [0.717, 1.165) is 16.9 Å². The number of hydrogen-bond donors (Lipinski definition) is 1. The Hall–Kier alpha value is -3.45. The first-order valence-electron chi connectivity index (χ1n) is 8.70. The first-order valence-corrected chi connectivity index (χ1v) is 9.51. The summed E-state index contributed by atoms with van der Waals surface area (Å²) < 4.78 is 42.1. The molecule has 0 aliphatic rings. The lowest BCUT2D eigenvalue weighted by Gasteiger charge is -2.15. The second-order valence-electron chi connectivity index (χ2n) is 6.26. The van der Waals surface area contributed by atoms with Crippen molar-refractivity contribution in [3.63, 3.8) is 0 Å². The molecule has 0 saturated carbocycles.